The molecule has 0 amide bonds. The van der Waals surface area contributed by atoms with Gasteiger partial charge in [0.05, 0.1) is 13.2 Å². The van der Waals surface area contributed by atoms with E-state index >= 15 is 0 Å². The van der Waals surface area contributed by atoms with Crippen molar-refractivity contribution < 1.29 is 19.0 Å². The lowest BCUT2D eigenvalue weighted by Gasteiger charge is -2.12. The highest BCUT2D eigenvalue weighted by Crippen LogP contribution is 2.04. The zero-order valence-electron chi connectivity index (χ0n) is 9.86. The Kier molecular flexibility index (Phi) is 7.90. The monoisotopic (exact) mass is 227 g/mol. The minimum atomic E-state index is -0.883. The fourth-order valence-corrected chi connectivity index (χ4v) is 0.999. The van der Waals surface area contributed by atoms with Gasteiger partial charge in [-0.25, -0.2) is 4.79 Å². The van der Waals surface area contributed by atoms with Crippen molar-refractivity contribution >= 4 is 5.97 Å². The van der Waals surface area contributed by atoms with Crippen molar-refractivity contribution in [3.63, 3.8) is 0 Å². The van der Waals surface area contributed by atoms with Gasteiger partial charge in [-0.2, -0.15) is 5.26 Å². The third-order valence-electron chi connectivity index (χ3n) is 1.58. The molecule has 0 N–H and O–H groups in total. The summed E-state index contributed by atoms with van der Waals surface area (Å²) in [5, 5.41) is 8.73. The third kappa shape index (κ3) is 5.37. The van der Waals surface area contributed by atoms with Crippen LogP contribution in [0.5, 0.6) is 0 Å². The van der Waals surface area contributed by atoms with Gasteiger partial charge in [-0.05, 0) is 20.8 Å². The summed E-state index contributed by atoms with van der Waals surface area (Å²) < 4.78 is 15.0. The van der Waals surface area contributed by atoms with Crippen LogP contribution >= 0.6 is 0 Å². The molecule has 5 nitrogen and oxygen atoms in total. The fraction of sp³-hybridized carbons (Fsp3) is 0.636. The summed E-state index contributed by atoms with van der Waals surface area (Å²) in [7, 11) is 0. The van der Waals surface area contributed by atoms with Crippen LogP contribution in [-0.2, 0) is 19.0 Å². The van der Waals surface area contributed by atoms with Gasteiger partial charge in [0.1, 0.15) is 6.07 Å². The number of ether oxygens (including phenoxy) is 3. The Bertz CT molecular complexity index is 280. The smallest absolute Gasteiger partial charge is 0.339 e. The summed E-state index contributed by atoms with van der Waals surface area (Å²) in [4.78, 5) is 11.4. The normalized spacial score (nSPS) is 12.8. The summed E-state index contributed by atoms with van der Waals surface area (Å²) in [6.07, 6.45) is 0.441. The van der Waals surface area contributed by atoms with E-state index in [0.29, 0.717) is 13.2 Å². The van der Waals surface area contributed by atoms with Gasteiger partial charge in [0.2, 0.25) is 0 Å². The standard InChI is InChI=1S/C11H17NO4/c1-4-14-9(8-12)7-10(15-5-2)11(13)16-6-3/h7,10H,4-6H2,1-3H3/b9-7+. The maximum Gasteiger partial charge on any atom is 0.339 e. The molecule has 1 atom stereocenters. The summed E-state index contributed by atoms with van der Waals surface area (Å²) >= 11 is 0. The number of allylic oxidation sites excluding steroid dienone is 1. The summed E-state index contributed by atoms with van der Waals surface area (Å²) in [5.74, 6) is -0.453. The average molecular weight is 227 g/mol. The summed E-state index contributed by atoms with van der Waals surface area (Å²) in [6, 6.07) is 1.84. The van der Waals surface area contributed by atoms with Crippen molar-refractivity contribution in [1.82, 2.24) is 0 Å². The van der Waals surface area contributed by atoms with Gasteiger partial charge >= 0.3 is 5.97 Å². The summed E-state index contributed by atoms with van der Waals surface area (Å²) in [5.41, 5.74) is 0. The molecular weight excluding hydrogens is 210 g/mol. The molecule has 0 heterocycles. The van der Waals surface area contributed by atoms with E-state index < -0.39 is 12.1 Å². The maximum absolute atomic E-state index is 11.4. The molecule has 1 unspecified atom stereocenters. The number of carbonyl (C=O) groups is 1. The molecule has 0 aromatic heterocycles. The predicted octanol–water partition coefficient (Wildman–Crippen LogP) is 1.40. The number of nitriles is 1. The molecule has 16 heavy (non-hydrogen) atoms. The van der Waals surface area contributed by atoms with E-state index in [-0.39, 0.29) is 12.4 Å². The molecule has 0 bridgehead atoms. The number of nitrogens with zero attached hydrogens (tertiary/aromatic N) is 1. The number of hydrogen-bond donors (Lipinski definition) is 0. The van der Waals surface area contributed by atoms with Gasteiger partial charge in [-0.15, -0.1) is 0 Å². The molecule has 5 heteroatoms. The Morgan fingerprint density at radius 1 is 1.25 bits per heavy atom. The van der Waals surface area contributed by atoms with Crippen molar-refractivity contribution in [3.05, 3.63) is 11.8 Å². The number of hydrogen-bond acceptors (Lipinski definition) is 5. The summed E-state index contributed by atoms with van der Waals surface area (Å²) in [6.45, 7) is 6.20. The van der Waals surface area contributed by atoms with Crippen molar-refractivity contribution in [2.75, 3.05) is 19.8 Å². The Hall–Kier alpha value is -1.54. The molecule has 0 radical (unpaired) electrons. The van der Waals surface area contributed by atoms with Crippen LogP contribution < -0.4 is 0 Å². The van der Waals surface area contributed by atoms with Crippen molar-refractivity contribution in [1.29, 1.82) is 5.26 Å². The van der Waals surface area contributed by atoms with Crippen LogP contribution in [0.4, 0.5) is 0 Å². The molecule has 0 spiro atoms. The minimum Gasteiger partial charge on any atom is -0.484 e. The molecule has 0 aromatic carbocycles. The first-order valence-corrected chi connectivity index (χ1v) is 5.22. The van der Waals surface area contributed by atoms with Gasteiger partial charge in [-0.3, -0.25) is 0 Å². The predicted molar refractivity (Wildman–Crippen MR) is 57.4 cm³/mol. The van der Waals surface area contributed by atoms with Gasteiger partial charge in [0, 0.05) is 12.7 Å². The van der Waals surface area contributed by atoms with Crippen molar-refractivity contribution in [2.24, 2.45) is 0 Å². The van der Waals surface area contributed by atoms with Gasteiger partial charge in [0.25, 0.3) is 0 Å². The molecule has 0 rings (SSSR count). The van der Waals surface area contributed by atoms with E-state index in [1.165, 1.54) is 6.08 Å². The van der Waals surface area contributed by atoms with Crippen LogP contribution in [0.1, 0.15) is 20.8 Å². The Labute approximate surface area is 95.6 Å². The topological polar surface area (TPSA) is 68.6 Å². The Balaban J connectivity index is 4.64. The number of esters is 1. The molecule has 0 aliphatic carbocycles. The average Bonchev–Trinajstić information content (AvgIpc) is 2.27. The maximum atomic E-state index is 11.4. The molecular formula is C11H17NO4. The molecule has 0 saturated heterocycles. The van der Waals surface area contributed by atoms with E-state index in [1.54, 1.807) is 20.8 Å². The van der Waals surface area contributed by atoms with Crippen LogP contribution in [-0.4, -0.2) is 31.9 Å². The zero-order chi connectivity index (χ0) is 12.4. The highest BCUT2D eigenvalue weighted by Gasteiger charge is 2.18. The first kappa shape index (κ1) is 14.5. The quantitative estimate of drug-likeness (QED) is 0.373. The van der Waals surface area contributed by atoms with E-state index in [4.69, 9.17) is 19.5 Å². The second-order valence-corrected chi connectivity index (χ2v) is 2.70. The van der Waals surface area contributed by atoms with Crippen LogP contribution in [0.25, 0.3) is 0 Å². The number of rotatable bonds is 7. The highest BCUT2D eigenvalue weighted by atomic mass is 16.6. The molecule has 0 aromatic rings. The third-order valence-corrected chi connectivity index (χ3v) is 1.58. The van der Waals surface area contributed by atoms with Gasteiger partial charge in [0.15, 0.2) is 11.9 Å². The molecule has 90 valence electrons. The van der Waals surface area contributed by atoms with Crippen molar-refractivity contribution in [3.8, 4) is 6.07 Å². The lowest BCUT2D eigenvalue weighted by Crippen LogP contribution is -2.25. The Morgan fingerprint density at radius 3 is 2.31 bits per heavy atom. The van der Waals surface area contributed by atoms with Crippen LogP contribution in [0.2, 0.25) is 0 Å². The second-order valence-electron chi connectivity index (χ2n) is 2.70. The minimum absolute atomic E-state index is 0.0639. The van der Waals surface area contributed by atoms with E-state index in [2.05, 4.69) is 0 Å². The second kappa shape index (κ2) is 8.74. The van der Waals surface area contributed by atoms with Crippen LogP contribution in [0.3, 0.4) is 0 Å². The first-order valence-electron chi connectivity index (χ1n) is 5.22. The van der Waals surface area contributed by atoms with Gasteiger partial charge in [-0.1, -0.05) is 0 Å². The van der Waals surface area contributed by atoms with Crippen LogP contribution in [0.15, 0.2) is 11.8 Å². The largest absolute Gasteiger partial charge is 0.484 e. The molecule has 0 aliphatic rings. The van der Waals surface area contributed by atoms with Gasteiger partial charge < -0.3 is 14.2 Å². The molecule has 0 saturated carbocycles. The first-order chi connectivity index (χ1) is 7.69. The van der Waals surface area contributed by atoms with E-state index in [9.17, 15) is 4.79 Å². The lowest BCUT2D eigenvalue weighted by molar-refractivity contribution is -0.153. The molecule has 0 aliphatic heterocycles. The lowest BCUT2D eigenvalue weighted by atomic mass is 10.3. The van der Waals surface area contributed by atoms with Crippen molar-refractivity contribution in [2.45, 2.75) is 26.9 Å². The highest BCUT2D eigenvalue weighted by molar-refractivity contribution is 5.77. The van der Waals surface area contributed by atoms with Crippen LogP contribution in [0, 0.1) is 11.3 Å². The number of carbonyl (C=O) groups excluding carboxylic acids is 1. The SMILES string of the molecule is CCOC(=O)C(/C=C(\C#N)OCC)OCC. The van der Waals surface area contributed by atoms with E-state index in [0.717, 1.165) is 0 Å². The molecule has 0 fully saturated rings. The fourth-order valence-electron chi connectivity index (χ4n) is 0.999. The van der Waals surface area contributed by atoms with E-state index in [1.807, 2.05) is 6.07 Å². The zero-order valence-corrected chi connectivity index (χ0v) is 9.86. The Morgan fingerprint density at radius 2 is 1.88 bits per heavy atom.